The molecule has 0 aliphatic carbocycles. The molecule has 4 rings (SSSR count). The van der Waals surface area contributed by atoms with Crippen molar-refractivity contribution in [1.82, 2.24) is 9.80 Å². The number of nitrogens with one attached hydrogen (secondary N) is 3. The Morgan fingerprint density at radius 2 is 1.60 bits per heavy atom. The number of ether oxygens (including phenoxy) is 1. The van der Waals surface area contributed by atoms with E-state index in [1.807, 2.05) is 6.92 Å². The number of fused-ring (bicyclic) bond motifs is 1. The van der Waals surface area contributed by atoms with Gasteiger partial charge in [0.15, 0.2) is 0 Å². The van der Waals surface area contributed by atoms with Gasteiger partial charge in [0, 0.05) is 49.3 Å². The lowest BCUT2D eigenvalue weighted by Gasteiger charge is -2.34. The van der Waals surface area contributed by atoms with Gasteiger partial charge in [-0.05, 0) is 74.4 Å². The van der Waals surface area contributed by atoms with Gasteiger partial charge in [-0.15, -0.1) is 0 Å². The first-order valence-corrected chi connectivity index (χ1v) is 17.5. The van der Waals surface area contributed by atoms with Crippen molar-refractivity contribution >= 4 is 46.5 Å². The summed E-state index contributed by atoms with van der Waals surface area (Å²) in [5.41, 5.74) is 7.23. The molecule has 6 N–H and O–H groups in total. The number of unbranched alkanes of at least 4 members (excludes halogenated alkanes) is 2. The fraction of sp³-hybridized carbons (Fsp3) is 0.421. The Labute approximate surface area is 306 Å². The van der Waals surface area contributed by atoms with Gasteiger partial charge in [-0.3, -0.25) is 14.4 Å². The number of para-hydroxylation sites is 2. The second-order valence-electron chi connectivity index (χ2n) is 13.3. The van der Waals surface area contributed by atoms with Crippen LogP contribution in [-0.4, -0.2) is 77.5 Å². The second-order valence-corrected chi connectivity index (χ2v) is 13.3. The zero-order valence-corrected chi connectivity index (χ0v) is 30.0. The molecule has 0 unspecified atom stereocenters. The van der Waals surface area contributed by atoms with Crippen LogP contribution in [0.25, 0.3) is 0 Å². The highest BCUT2D eigenvalue weighted by atomic mass is 19.4. The zero-order valence-electron chi connectivity index (χ0n) is 30.0. The predicted molar refractivity (Wildman–Crippen MR) is 196 cm³/mol. The van der Waals surface area contributed by atoms with Crippen LogP contribution in [0.5, 0.6) is 5.75 Å². The standard InChI is InChI=1S/C38H47F3N6O6/c1-24-21-47(25(2)23-48)36(51)20-26-19-29(43-34(49)11-5-4-6-12-35(50)45-31-10-8-7-9-30(31)42)17-18-32(26)53-33(24)22-46(3)37(52)44-28-15-13-27(14-16-28)38(39,40)41/h7-10,13-19,24-25,33,48H,4-6,11-12,20-23,42H2,1-3H3,(H,43,49)(H,44,52)(H,45,50)/t24-,25-,33-/m1/s1. The number of nitrogen functional groups attached to an aromatic ring is 1. The number of carbonyl (C=O) groups is 4. The van der Waals surface area contributed by atoms with Crippen molar-refractivity contribution in [3.05, 3.63) is 77.9 Å². The van der Waals surface area contributed by atoms with E-state index in [0.717, 1.165) is 12.1 Å². The van der Waals surface area contributed by atoms with Crippen molar-refractivity contribution < 1.29 is 42.2 Å². The molecular formula is C38H47F3N6O6. The fourth-order valence-electron chi connectivity index (χ4n) is 5.83. The van der Waals surface area contributed by atoms with Crippen LogP contribution >= 0.6 is 0 Å². The summed E-state index contributed by atoms with van der Waals surface area (Å²) >= 11 is 0. The van der Waals surface area contributed by atoms with E-state index in [4.69, 9.17) is 10.5 Å². The minimum absolute atomic E-state index is 0.0586. The molecule has 12 nitrogen and oxygen atoms in total. The van der Waals surface area contributed by atoms with Crippen LogP contribution in [0.3, 0.4) is 0 Å². The van der Waals surface area contributed by atoms with E-state index in [-0.39, 0.29) is 61.9 Å². The van der Waals surface area contributed by atoms with Gasteiger partial charge in [0.25, 0.3) is 0 Å². The van der Waals surface area contributed by atoms with Gasteiger partial charge in [-0.25, -0.2) is 4.79 Å². The monoisotopic (exact) mass is 740 g/mol. The quantitative estimate of drug-likeness (QED) is 0.104. The van der Waals surface area contributed by atoms with E-state index in [2.05, 4.69) is 16.0 Å². The molecule has 15 heteroatoms. The molecule has 0 fully saturated rings. The number of urea groups is 1. The lowest BCUT2D eigenvalue weighted by molar-refractivity contribution is -0.137. The van der Waals surface area contributed by atoms with Crippen molar-refractivity contribution in [2.24, 2.45) is 5.92 Å². The van der Waals surface area contributed by atoms with Gasteiger partial charge in [0.05, 0.1) is 42.6 Å². The first kappa shape index (κ1) is 40.5. The van der Waals surface area contributed by atoms with Crippen LogP contribution in [0.15, 0.2) is 66.7 Å². The molecule has 0 aromatic heterocycles. The summed E-state index contributed by atoms with van der Waals surface area (Å²) in [7, 11) is 1.52. The fourth-order valence-corrected chi connectivity index (χ4v) is 5.83. The molecule has 3 aromatic rings. The SMILES string of the molecule is C[C@@H]1CN([C@H](C)CO)C(=O)Cc2cc(NC(=O)CCCCCC(=O)Nc3ccccc3N)ccc2O[C@@H]1CN(C)C(=O)Nc1ccc(C(F)(F)F)cc1. The van der Waals surface area contributed by atoms with Crippen LogP contribution in [-0.2, 0) is 27.0 Å². The van der Waals surface area contributed by atoms with Gasteiger partial charge in [-0.2, -0.15) is 13.2 Å². The summed E-state index contributed by atoms with van der Waals surface area (Å²) in [5.74, 6) is -0.567. The molecule has 3 aromatic carbocycles. The molecule has 0 bridgehead atoms. The van der Waals surface area contributed by atoms with Crippen molar-refractivity contribution in [3.63, 3.8) is 0 Å². The summed E-state index contributed by atoms with van der Waals surface area (Å²) in [6.45, 7) is 3.60. The number of benzene rings is 3. The number of amides is 5. The maximum atomic E-state index is 13.6. The predicted octanol–water partition coefficient (Wildman–Crippen LogP) is 6.13. The average molecular weight is 741 g/mol. The Morgan fingerprint density at radius 1 is 0.962 bits per heavy atom. The molecular weight excluding hydrogens is 693 g/mol. The number of likely N-dealkylation sites (N-methyl/N-ethyl adjacent to an activating group) is 1. The maximum Gasteiger partial charge on any atom is 0.416 e. The highest BCUT2D eigenvalue weighted by Crippen LogP contribution is 2.31. The largest absolute Gasteiger partial charge is 0.488 e. The molecule has 0 radical (unpaired) electrons. The molecule has 53 heavy (non-hydrogen) atoms. The number of anilines is 4. The normalized spacial score (nSPS) is 16.6. The molecule has 0 saturated heterocycles. The third kappa shape index (κ3) is 11.9. The highest BCUT2D eigenvalue weighted by molar-refractivity contribution is 5.94. The number of nitrogens with two attached hydrogens (primary N) is 1. The molecule has 3 atom stereocenters. The number of rotatable bonds is 13. The van der Waals surface area contributed by atoms with E-state index in [1.54, 1.807) is 54.3 Å². The number of hydrogen-bond acceptors (Lipinski definition) is 7. The zero-order chi connectivity index (χ0) is 38.7. The first-order chi connectivity index (χ1) is 25.1. The summed E-state index contributed by atoms with van der Waals surface area (Å²) in [4.78, 5) is 54.6. The Balaban J connectivity index is 1.38. The van der Waals surface area contributed by atoms with Crippen molar-refractivity contribution in [2.45, 2.75) is 70.7 Å². The van der Waals surface area contributed by atoms with E-state index < -0.39 is 29.9 Å². The topological polar surface area (TPSA) is 166 Å². The summed E-state index contributed by atoms with van der Waals surface area (Å²) in [6, 6.07) is 15.0. The molecule has 0 saturated carbocycles. The van der Waals surface area contributed by atoms with E-state index in [0.29, 0.717) is 54.1 Å². The van der Waals surface area contributed by atoms with Crippen LogP contribution in [0.2, 0.25) is 0 Å². The third-order valence-electron chi connectivity index (χ3n) is 9.01. The number of aliphatic hydroxyl groups excluding tert-OH is 1. The van der Waals surface area contributed by atoms with Crippen LogP contribution in [0, 0.1) is 5.92 Å². The number of nitrogens with zero attached hydrogens (tertiary/aromatic N) is 2. The minimum Gasteiger partial charge on any atom is -0.488 e. The summed E-state index contributed by atoms with van der Waals surface area (Å²) in [5, 5.41) is 18.2. The van der Waals surface area contributed by atoms with Gasteiger partial charge >= 0.3 is 12.2 Å². The van der Waals surface area contributed by atoms with Gasteiger partial charge in [0.2, 0.25) is 17.7 Å². The molecule has 0 spiro atoms. The van der Waals surface area contributed by atoms with E-state index in [1.165, 1.54) is 24.1 Å². The number of aliphatic hydroxyl groups is 1. The van der Waals surface area contributed by atoms with Crippen LogP contribution in [0.1, 0.15) is 57.1 Å². The maximum absolute atomic E-state index is 13.6. The Morgan fingerprint density at radius 3 is 2.25 bits per heavy atom. The lowest BCUT2D eigenvalue weighted by Crippen LogP contribution is -2.48. The number of halogens is 3. The van der Waals surface area contributed by atoms with Crippen molar-refractivity contribution in [2.75, 3.05) is 48.4 Å². The molecule has 5 amide bonds. The number of alkyl halides is 3. The number of hydrogen-bond donors (Lipinski definition) is 5. The van der Waals surface area contributed by atoms with Gasteiger partial charge < -0.3 is 41.3 Å². The molecule has 286 valence electrons. The molecule has 1 heterocycles. The highest BCUT2D eigenvalue weighted by Gasteiger charge is 2.33. The Bertz CT molecular complexity index is 1740. The van der Waals surface area contributed by atoms with Crippen molar-refractivity contribution in [3.8, 4) is 5.75 Å². The molecule has 1 aliphatic heterocycles. The lowest BCUT2D eigenvalue weighted by atomic mass is 10.0. The van der Waals surface area contributed by atoms with E-state index in [9.17, 15) is 37.5 Å². The van der Waals surface area contributed by atoms with Crippen molar-refractivity contribution in [1.29, 1.82) is 0 Å². The van der Waals surface area contributed by atoms with Crippen LogP contribution < -0.4 is 26.4 Å². The summed E-state index contributed by atoms with van der Waals surface area (Å²) in [6.07, 6.45) is -2.87. The number of carbonyl (C=O) groups excluding carboxylic acids is 4. The minimum atomic E-state index is -4.50. The van der Waals surface area contributed by atoms with Gasteiger partial charge in [0.1, 0.15) is 11.9 Å². The Kier molecular flexibility index (Phi) is 14.1. The average Bonchev–Trinajstić information content (AvgIpc) is 3.15. The smallest absolute Gasteiger partial charge is 0.416 e. The van der Waals surface area contributed by atoms with Gasteiger partial charge in [-0.1, -0.05) is 25.5 Å². The molecule has 1 aliphatic rings. The Hall–Kier alpha value is -5.31. The second kappa shape index (κ2) is 18.4. The summed E-state index contributed by atoms with van der Waals surface area (Å²) < 4.78 is 45.4. The third-order valence-corrected chi connectivity index (χ3v) is 9.01. The van der Waals surface area contributed by atoms with E-state index >= 15 is 0 Å². The first-order valence-electron chi connectivity index (χ1n) is 17.5. The van der Waals surface area contributed by atoms with Crippen LogP contribution in [0.4, 0.5) is 40.7 Å².